The molecule has 0 saturated carbocycles. The molecule has 0 aliphatic heterocycles. The van der Waals surface area contributed by atoms with Gasteiger partial charge in [-0.3, -0.25) is 4.79 Å². The molecule has 0 bridgehead atoms. The van der Waals surface area contributed by atoms with E-state index in [1.54, 1.807) is 31.1 Å². The Morgan fingerprint density at radius 2 is 1.94 bits per heavy atom. The molecule has 1 aromatic carbocycles. The van der Waals surface area contributed by atoms with E-state index in [2.05, 4.69) is 0 Å². The lowest BCUT2D eigenvalue weighted by atomic mass is 10.1. The van der Waals surface area contributed by atoms with Crippen LogP contribution in [0.3, 0.4) is 0 Å². The summed E-state index contributed by atoms with van der Waals surface area (Å²) in [5, 5.41) is 9.45. The molecule has 0 heterocycles. The van der Waals surface area contributed by atoms with E-state index in [-0.39, 0.29) is 0 Å². The van der Waals surface area contributed by atoms with Crippen LogP contribution in [0.25, 0.3) is 0 Å². The molecule has 98 valence electrons. The number of ether oxygens (including phenoxy) is 1. The molecular formula is C12H14ClNO4. The number of carbonyl (C=O) groups excluding carboxylic acids is 1. The van der Waals surface area contributed by atoms with Crippen molar-refractivity contribution in [2.24, 2.45) is 0 Å². The summed E-state index contributed by atoms with van der Waals surface area (Å²) in [7, 11) is 3.61. The van der Waals surface area contributed by atoms with E-state index in [0.29, 0.717) is 10.6 Å². The summed E-state index contributed by atoms with van der Waals surface area (Å²) in [6.07, 6.45) is -1.35. The van der Waals surface area contributed by atoms with Gasteiger partial charge in [0.1, 0.15) is 0 Å². The Morgan fingerprint density at radius 3 is 2.39 bits per heavy atom. The fraction of sp³-hybridized carbons (Fsp3) is 0.333. The third-order valence-electron chi connectivity index (χ3n) is 2.23. The van der Waals surface area contributed by atoms with Gasteiger partial charge in [-0.2, -0.15) is 0 Å². The number of carbonyl (C=O) groups is 2. The topological polar surface area (TPSA) is 66.8 Å². The normalized spacial score (nSPS) is 11.8. The van der Waals surface area contributed by atoms with Crippen LogP contribution >= 0.6 is 11.6 Å². The van der Waals surface area contributed by atoms with E-state index in [9.17, 15) is 9.59 Å². The highest BCUT2D eigenvalue weighted by Crippen LogP contribution is 2.27. The van der Waals surface area contributed by atoms with Gasteiger partial charge in [-0.25, -0.2) is 4.79 Å². The van der Waals surface area contributed by atoms with Crippen LogP contribution in [0.1, 0.15) is 18.6 Å². The molecule has 0 amide bonds. The van der Waals surface area contributed by atoms with E-state index in [0.717, 1.165) is 12.6 Å². The zero-order valence-corrected chi connectivity index (χ0v) is 11.1. The second kappa shape index (κ2) is 5.73. The molecule has 6 heteroatoms. The molecule has 5 nitrogen and oxygen atoms in total. The zero-order chi connectivity index (χ0) is 13.9. The molecule has 0 unspecified atom stereocenters. The zero-order valence-electron chi connectivity index (χ0n) is 10.3. The largest absolute Gasteiger partial charge is 0.478 e. The number of aliphatic carboxylic acids is 1. The Bertz CT molecular complexity index is 473. The van der Waals surface area contributed by atoms with Crippen LogP contribution in [-0.4, -0.2) is 31.1 Å². The lowest BCUT2D eigenvalue weighted by molar-refractivity contribution is -0.163. The van der Waals surface area contributed by atoms with Gasteiger partial charge in [-0.05, 0) is 18.2 Å². The summed E-state index contributed by atoms with van der Waals surface area (Å²) >= 11 is 5.92. The Kier molecular flexibility index (Phi) is 4.55. The first-order valence-corrected chi connectivity index (χ1v) is 5.57. The average molecular weight is 272 g/mol. The number of rotatable bonds is 4. The molecule has 0 spiro atoms. The molecule has 0 radical (unpaired) electrons. The molecule has 1 rings (SSSR count). The van der Waals surface area contributed by atoms with Gasteiger partial charge in [0.25, 0.3) is 0 Å². The molecule has 0 saturated heterocycles. The first-order valence-electron chi connectivity index (χ1n) is 5.19. The number of benzene rings is 1. The van der Waals surface area contributed by atoms with Gasteiger partial charge < -0.3 is 14.7 Å². The van der Waals surface area contributed by atoms with Crippen LogP contribution < -0.4 is 4.90 Å². The van der Waals surface area contributed by atoms with Crippen molar-refractivity contribution in [3.8, 4) is 0 Å². The molecule has 0 aliphatic carbocycles. The maximum absolute atomic E-state index is 11.1. The second-order valence-electron chi connectivity index (χ2n) is 3.96. The minimum Gasteiger partial charge on any atom is -0.478 e. The first-order chi connectivity index (χ1) is 8.31. The van der Waals surface area contributed by atoms with Crippen LogP contribution in [0.5, 0.6) is 0 Å². The van der Waals surface area contributed by atoms with Crippen LogP contribution in [0.2, 0.25) is 5.02 Å². The van der Waals surface area contributed by atoms with E-state index in [1.807, 2.05) is 0 Å². The number of esters is 1. The first kappa shape index (κ1) is 14.3. The predicted molar refractivity (Wildman–Crippen MR) is 67.9 cm³/mol. The summed E-state index contributed by atoms with van der Waals surface area (Å²) in [5.41, 5.74) is 1.06. The van der Waals surface area contributed by atoms with Crippen molar-refractivity contribution in [3.63, 3.8) is 0 Å². The minimum absolute atomic E-state index is 0.328. The molecule has 1 aromatic rings. The van der Waals surface area contributed by atoms with Crippen molar-refractivity contribution >= 4 is 29.2 Å². The molecule has 0 aliphatic rings. The van der Waals surface area contributed by atoms with Crippen molar-refractivity contribution in [2.45, 2.75) is 13.0 Å². The summed E-state index contributed by atoms with van der Waals surface area (Å²) in [5.74, 6) is -1.90. The van der Waals surface area contributed by atoms with Crippen LogP contribution in [0.4, 0.5) is 5.69 Å². The number of halogens is 1. The second-order valence-corrected chi connectivity index (χ2v) is 4.40. The summed E-state index contributed by atoms with van der Waals surface area (Å²) < 4.78 is 4.77. The molecular weight excluding hydrogens is 258 g/mol. The number of hydrogen-bond acceptors (Lipinski definition) is 4. The van der Waals surface area contributed by atoms with E-state index in [1.165, 1.54) is 6.07 Å². The van der Waals surface area contributed by atoms with Gasteiger partial charge in [0.15, 0.2) is 0 Å². The number of nitrogens with zero attached hydrogens (tertiary/aromatic N) is 1. The van der Waals surface area contributed by atoms with E-state index < -0.39 is 18.0 Å². The van der Waals surface area contributed by atoms with E-state index in [4.69, 9.17) is 21.4 Å². The quantitative estimate of drug-likeness (QED) is 0.850. The summed E-state index contributed by atoms with van der Waals surface area (Å²) in [4.78, 5) is 23.8. The molecule has 0 aromatic heterocycles. The molecule has 1 atom stereocenters. The van der Waals surface area contributed by atoms with Gasteiger partial charge in [0.05, 0.1) is 0 Å². The Hall–Kier alpha value is -1.75. The fourth-order valence-corrected chi connectivity index (χ4v) is 1.67. The van der Waals surface area contributed by atoms with Gasteiger partial charge in [0, 0.05) is 37.3 Å². The van der Waals surface area contributed by atoms with Crippen molar-refractivity contribution in [3.05, 3.63) is 28.8 Å². The Balaban J connectivity index is 3.19. The lowest BCUT2D eigenvalue weighted by Gasteiger charge is -2.18. The predicted octanol–water partition coefficient (Wildman–Crippen LogP) is 2.09. The van der Waals surface area contributed by atoms with Crippen molar-refractivity contribution in [1.82, 2.24) is 0 Å². The average Bonchev–Trinajstić information content (AvgIpc) is 2.24. The standard InChI is InChI=1S/C12H14ClNO4/c1-7(15)18-11(12(16)17)8-4-9(13)6-10(5-8)14(2)3/h4-6,11H,1-3H3,(H,16,17)/t11-/m0/s1. The van der Waals surface area contributed by atoms with Gasteiger partial charge >= 0.3 is 11.9 Å². The number of hydrogen-bond donors (Lipinski definition) is 1. The van der Waals surface area contributed by atoms with Gasteiger partial charge in [-0.1, -0.05) is 11.6 Å². The summed E-state index contributed by atoms with van der Waals surface area (Å²) in [6, 6.07) is 4.78. The molecule has 0 fully saturated rings. The molecule has 18 heavy (non-hydrogen) atoms. The summed E-state index contributed by atoms with van der Waals surface area (Å²) in [6.45, 7) is 1.16. The van der Waals surface area contributed by atoms with Crippen molar-refractivity contribution in [1.29, 1.82) is 0 Å². The Morgan fingerprint density at radius 1 is 1.33 bits per heavy atom. The smallest absolute Gasteiger partial charge is 0.349 e. The monoisotopic (exact) mass is 271 g/mol. The maximum Gasteiger partial charge on any atom is 0.349 e. The lowest BCUT2D eigenvalue weighted by Crippen LogP contribution is -2.18. The maximum atomic E-state index is 11.1. The highest BCUT2D eigenvalue weighted by molar-refractivity contribution is 6.31. The van der Waals surface area contributed by atoms with Crippen molar-refractivity contribution in [2.75, 3.05) is 19.0 Å². The van der Waals surface area contributed by atoms with E-state index >= 15 is 0 Å². The number of carboxylic acid groups (broad SMARTS) is 1. The van der Waals surface area contributed by atoms with Gasteiger partial charge in [0.2, 0.25) is 6.10 Å². The van der Waals surface area contributed by atoms with Gasteiger partial charge in [-0.15, -0.1) is 0 Å². The highest BCUT2D eigenvalue weighted by Gasteiger charge is 2.24. The number of anilines is 1. The van der Waals surface area contributed by atoms with Crippen LogP contribution in [0.15, 0.2) is 18.2 Å². The van der Waals surface area contributed by atoms with Crippen molar-refractivity contribution < 1.29 is 19.4 Å². The Labute approximate surface area is 110 Å². The SMILES string of the molecule is CC(=O)O[C@H](C(=O)O)c1cc(Cl)cc(N(C)C)c1. The van der Waals surface area contributed by atoms with Crippen LogP contribution in [0, 0.1) is 0 Å². The van der Waals surface area contributed by atoms with Crippen LogP contribution in [-0.2, 0) is 14.3 Å². The number of carboxylic acids is 1. The minimum atomic E-state index is -1.35. The third-order valence-corrected chi connectivity index (χ3v) is 2.45. The fourth-order valence-electron chi connectivity index (χ4n) is 1.43. The highest BCUT2D eigenvalue weighted by atomic mass is 35.5. The third kappa shape index (κ3) is 3.63. The molecule has 1 N–H and O–H groups in total.